The van der Waals surface area contributed by atoms with E-state index in [0.29, 0.717) is 18.1 Å². The molecule has 0 aromatic heterocycles. The topological polar surface area (TPSA) is 12.0 Å². The van der Waals surface area contributed by atoms with Crippen LogP contribution < -0.4 is 5.32 Å². The van der Waals surface area contributed by atoms with E-state index >= 15 is 0 Å². The Morgan fingerprint density at radius 1 is 1.42 bits per heavy atom. The minimum atomic E-state index is -4.06. The average molecular weight is 202 g/mol. The summed E-state index contributed by atoms with van der Waals surface area (Å²) in [6.07, 6.45) is -4.73. The van der Waals surface area contributed by atoms with Crippen molar-refractivity contribution < 1.29 is 13.2 Å². The molecule has 0 aromatic rings. The maximum atomic E-state index is 11.6. The van der Waals surface area contributed by atoms with E-state index in [9.17, 15) is 13.2 Å². The summed E-state index contributed by atoms with van der Waals surface area (Å²) in [7, 11) is 0. The van der Waals surface area contributed by atoms with Crippen LogP contribution in [0.5, 0.6) is 0 Å². The molecule has 0 aliphatic heterocycles. The van der Waals surface area contributed by atoms with Gasteiger partial charge in [-0.25, -0.2) is 0 Å². The van der Waals surface area contributed by atoms with Crippen molar-refractivity contribution in [3.05, 3.63) is 11.6 Å². The predicted octanol–water partition coefficient (Wildman–Crippen LogP) is 2.67. The van der Waals surface area contributed by atoms with Crippen molar-refractivity contribution in [3.63, 3.8) is 0 Å². The van der Waals surface area contributed by atoms with Gasteiger partial charge in [-0.15, -0.1) is 0 Å². The number of hydrogen-bond acceptors (Lipinski definition) is 1. The Morgan fingerprint density at radius 2 is 2.00 bits per heavy atom. The van der Waals surface area contributed by atoms with Gasteiger partial charge in [-0.3, -0.25) is 0 Å². The first kappa shape index (κ1) is 11.8. The lowest BCUT2D eigenvalue weighted by atomic mass is 10.3. The summed E-state index contributed by atoms with van der Waals surface area (Å²) in [5.74, 6) is 0. The number of rotatable bonds is 5. The molecular weight excluding hydrogens is 191 g/mol. The first-order valence-corrected chi connectivity index (χ1v) is 3.90. The fourth-order valence-corrected chi connectivity index (χ4v) is 0.732. The van der Waals surface area contributed by atoms with Gasteiger partial charge in [0.15, 0.2) is 0 Å². The molecule has 0 atom stereocenters. The van der Waals surface area contributed by atoms with Crippen molar-refractivity contribution in [2.75, 3.05) is 13.1 Å². The minimum Gasteiger partial charge on any atom is -0.312 e. The van der Waals surface area contributed by atoms with Gasteiger partial charge in [0, 0.05) is 18.0 Å². The van der Waals surface area contributed by atoms with E-state index in [1.165, 1.54) is 0 Å². The van der Waals surface area contributed by atoms with Gasteiger partial charge in [0.05, 0.1) is 0 Å². The zero-order valence-electron chi connectivity index (χ0n) is 6.55. The molecule has 0 aliphatic rings. The maximum Gasteiger partial charge on any atom is 0.389 e. The smallest absolute Gasteiger partial charge is 0.312 e. The second kappa shape index (κ2) is 5.43. The van der Waals surface area contributed by atoms with Gasteiger partial charge in [-0.1, -0.05) is 18.2 Å². The first-order chi connectivity index (χ1) is 5.42. The second-order valence-electron chi connectivity index (χ2n) is 2.41. The molecule has 0 amide bonds. The first-order valence-electron chi connectivity index (χ1n) is 3.52. The van der Waals surface area contributed by atoms with E-state index in [2.05, 4.69) is 11.9 Å². The molecule has 72 valence electrons. The molecule has 0 rings (SSSR count). The molecule has 0 radical (unpaired) electrons. The zero-order chi connectivity index (χ0) is 9.61. The predicted molar refractivity (Wildman–Crippen MR) is 43.2 cm³/mol. The Balaban J connectivity index is 3.17. The van der Waals surface area contributed by atoms with Gasteiger partial charge in [0.1, 0.15) is 0 Å². The van der Waals surface area contributed by atoms with Crippen LogP contribution in [0.25, 0.3) is 0 Å². The van der Waals surface area contributed by atoms with Gasteiger partial charge in [-0.2, -0.15) is 13.2 Å². The van der Waals surface area contributed by atoms with Crippen LogP contribution in [0, 0.1) is 0 Å². The number of hydrogen-bond donors (Lipinski definition) is 1. The van der Waals surface area contributed by atoms with Crippen molar-refractivity contribution in [2.45, 2.75) is 19.0 Å². The molecule has 0 bridgehead atoms. The highest BCUT2D eigenvalue weighted by Gasteiger charge is 2.25. The van der Waals surface area contributed by atoms with E-state index < -0.39 is 12.6 Å². The molecule has 0 saturated heterocycles. The monoisotopic (exact) mass is 201 g/mol. The lowest BCUT2D eigenvalue weighted by molar-refractivity contribution is -0.135. The summed E-state index contributed by atoms with van der Waals surface area (Å²) in [6, 6.07) is 0. The Kier molecular flexibility index (Phi) is 5.33. The molecule has 0 heterocycles. The number of nitrogens with one attached hydrogen (secondary N) is 1. The standard InChI is InChI=1S/C7H11ClF3N/c1-6(8)5-12-4-2-3-7(9,10)11/h12H,1-5H2. The Bertz CT molecular complexity index is 144. The van der Waals surface area contributed by atoms with Gasteiger partial charge in [0.25, 0.3) is 0 Å². The highest BCUT2D eigenvalue weighted by atomic mass is 35.5. The number of alkyl halides is 3. The molecular formula is C7H11ClF3N. The SMILES string of the molecule is C=C(Cl)CNCCCC(F)(F)F. The summed E-state index contributed by atoms with van der Waals surface area (Å²) in [6.45, 7) is 4.05. The second-order valence-corrected chi connectivity index (χ2v) is 2.95. The van der Waals surface area contributed by atoms with E-state index in [-0.39, 0.29) is 6.42 Å². The van der Waals surface area contributed by atoms with Crippen molar-refractivity contribution in [1.82, 2.24) is 5.32 Å². The maximum absolute atomic E-state index is 11.6. The third kappa shape index (κ3) is 9.78. The third-order valence-electron chi connectivity index (χ3n) is 1.13. The summed E-state index contributed by atoms with van der Waals surface area (Å²) in [5.41, 5.74) is 0. The van der Waals surface area contributed by atoms with Crippen LogP contribution in [-0.4, -0.2) is 19.3 Å². The van der Waals surface area contributed by atoms with Crippen molar-refractivity contribution in [1.29, 1.82) is 0 Å². The Morgan fingerprint density at radius 3 is 2.42 bits per heavy atom. The van der Waals surface area contributed by atoms with Crippen LogP contribution in [0.4, 0.5) is 13.2 Å². The molecule has 0 saturated carbocycles. The Labute approximate surface area is 74.6 Å². The van der Waals surface area contributed by atoms with Crippen molar-refractivity contribution >= 4 is 11.6 Å². The number of halogens is 4. The van der Waals surface area contributed by atoms with Crippen LogP contribution >= 0.6 is 11.6 Å². The normalized spacial score (nSPS) is 11.7. The zero-order valence-corrected chi connectivity index (χ0v) is 7.30. The average Bonchev–Trinajstić information content (AvgIpc) is 1.83. The van der Waals surface area contributed by atoms with Gasteiger partial charge in [0.2, 0.25) is 0 Å². The van der Waals surface area contributed by atoms with E-state index in [1.807, 2.05) is 0 Å². The van der Waals surface area contributed by atoms with Crippen LogP contribution in [-0.2, 0) is 0 Å². The molecule has 0 fully saturated rings. The van der Waals surface area contributed by atoms with E-state index in [1.54, 1.807) is 0 Å². The van der Waals surface area contributed by atoms with Crippen LogP contribution in [0.15, 0.2) is 11.6 Å². The lowest BCUT2D eigenvalue weighted by Gasteiger charge is -2.06. The van der Waals surface area contributed by atoms with Crippen LogP contribution in [0.1, 0.15) is 12.8 Å². The molecule has 0 spiro atoms. The molecule has 12 heavy (non-hydrogen) atoms. The van der Waals surface area contributed by atoms with E-state index in [4.69, 9.17) is 11.6 Å². The molecule has 0 aliphatic carbocycles. The highest BCUT2D eigenvalue weighted by Crippen LogP contribution is 2.20. The molecule has 1 nitrogen and oxygen atoms in total. The van der Waals surface area contributed by atoms with Crippen molar-refractivity contribution in [3.8, 4) is 0 Å². The quantitative estimate of drug-likeness (QED) is 0.675. The minimum absolute atomic E-state index is 0.0771. The van der Waals surface area contributed by atoms with Gasteiger partial charge < -0.3 is 5.32 Å². The van der Waals surface area contributed by atoms with Crippen molar-refractivity contribution in [2.24, 2.45) is 0 Å². The lowest BCUT2D eigenvalue weighted by Crippen LogP contribution is -2.19. The van der Waals surface area contributed by atoms with Gasteiger partial charge in [-0.05, 0) is 13.0 Å². The highest BCUT2D eigenvalue weighted by molar-refractivity contribution is 6.29. The fraction of sp³-hybridized carbons (Fsp3) is 0.714. The summed E-state index contributed by atoms with van der Waals surface area (Å²) in [4.78, 5) is 0. The van der Waals surface area contributed by atoms with Crippen LogP contribution in [0.3, 0.4) is 0 Å². The van der Waals surface area contributed by atoms with Gasteiger partial charge >= 0.3 is 6.18 Å². The summed E-state index contributed by atoms with van der Waals surface area (Å²) < 4.78 is 34.7. The molecule has 1 N–H and O–H groups in total. The Hall–Kier alpha value is -0.220. The van der Waals surface area contributed by atoms with E-state index in [0.717, 1.165) is 0 Å². The fourth-order valence-electron chi connectivity index (χ4n) is 0.638. The van der Waals surface area contributed by atoms with Crippen LogP contribution in [0.2, 0.25) is 0 Å². The summed E-state index contributed by atoms with van der Waals surface area (Å²) >= 11 is 5.37. The molecule has 5 heteroatoms. The largest absolute Gasteiger partial charge is 0.389 e. The summed E-state index contributed by atoms with van der Waals surface area (Å²) in [5, 5.41) is 3.13. The third-order valence-corrected chi connectivity index (χ3v) is 1.26. The molecule has 0 unspecified atom stereocenters. The molecule has 0 aromatic carbocycles.